The summed E-state index contributed by atoms with van der Waals surface area (Å²) in [4.78, 5) is 14.0. The van der Waals surface area contributed by atoms with Crippen molar-refractivity contribution >= 4 is 15.9 Å². The molecular weight excluding hydrogens is 292 g/mol. The van der Waals surface area contributed by atoms with Gasteiger partial charge in [0.1, 0.15) is 0 Å². The fraction of sp³-hybridized carbons (Fsp3) is 0.692. The lowest BCUT2D eigenvalue weighted by Gasteiger charge is -2.21. The van der Waals surface area contributed by atoms with Crippen LogP contribution in [0.1, 0.15) is 18.4 Å². The van der Waals surface area contributed by atoms with Crippen LogP contribution in [0.2, 0.25) is 0 Å². The summed E-state index contributed by atoms with van der Waals surface area (Å²) >= 11 is 0. The molecule has 0 bridgehead atoms. The number of hydrogen-bond donors (Lipinski definition) is 0. The molecule has 0 spiro atoms. The number of sulfonamides is 1. The summed E-state index contributed by atoms with van der Waals surface area (Å²) in [5.74, 6) is 0.0780. The number of aromatic nitrogens is 2. The summed E-state index contributed by atoms with van der Waals surface area (Å²) in [5, 5.41) is 4.08. The van der Waals surface area contributed by atoms with Gasteiger partial charge in [0.05, 0.1) is 12.5 Å². The Morgan fingerprint density at radius 3 is 2.67 bits per heavy atom. The quantitative estimate of drug-likeness (QED) is 0.774. The van der Waals surface area contributed by atoms with E-state index in [9.17, 15) is 13.2 Å². The van der Waals surface area contributed by atoms with E-state index in [1.165, 1.54) is 10.6 Å². The SMILES string of the molecule is Cn1cc(CCC(=O)N2CCCN(S(C)(=O)=O)CC2)cn1. The zero-order chi connectivity index (χ0) is 15.5. The third kappa shape index (κ3) is 4.53. The smallest absolute Gasteiger partial charge is 0.222 e. The van der Waals surface area contributed by atoms with Gasteiger partial charge < -0.3 is 4.90 Å². The minimum absolute atomic E-state index is 0.0780. The number of hydrogen-bond acceptors (Lipinski definition) is 4. The average Bonchev–Trinajstić information content (AvgIpc) is 2.66. The molecule has 0 aromatic carbocycles. The van der Waals surface area contributed by atoms with Crippen LogP contribution in [0.4, 0.5) is 0 Å². The average molecular weight is 314 g/mol. The number of rotatable bonds is 4. The van der Waals surface area contributed by atoms with Crippen LogP contribution < -0.4 is 0 Å². The molecule has 118 valence electrons. The summed E-state index contributed by atoms with van der Waals surface area (Å²) in [5.41, 5.74) is 1.04. The van der Waals surface area contributed by atoms with E-state index >= 15 is 0 Å². The fourth-order valence-corrected chi connectivity index (χ4v) is 3.36. The second-order valence-corrected chi connectivity index (χ2v) is 7.40. The molecule has 1 amide bonds. The van der Waals surface area contributed by atoms with Gasteiger partial charge in [0.15, 0.2) is 0 Å². The lowest BCUT2D eigenvalue weighted by atomic mass is 10.2. The van der Waals surface area contributed by atoms with Crippen LogP contribution in [0, 0.1) is 0 Å². The normalized spacial score (nSPS) is 17.7. The van der Waals surface area contributed by atoms with E-state index in [0.29, 0.717) is 45.4 Å². The van der Waals surface area contributed by atoms with Gasteiger partial charge in [0.25, 0.3) is 0 Å². The first-order valence-electron chi connectivity index (χ1n) is 7.06. The van der Waals surface area contributed by atoms with E-state index in [0.717, 1.165) is 5.56 Å². The topological polar surface area (TPSA) is 75.5 Å². The maximum absolute atomic E-state index is 12.2. The molecule has 2 rings (SSSR count). The molecule has 0 saturated carbocycles. The predicted molar refractivity (Wildman–Crippen MR) is 79.1 cm³/mol. The largest absolute Gasteiger partial charge is 0.341 e. The van der Waals surface area contributed by atoms with Crippen molar-refractivity contribution in [2.75, 3.05) is 32.4 Å². The Labute approximate surface area is 125 Å². The molecule has 8 heteroatoms. The van der Waals surface area contributed by atoms with Crippen molar-refractivity contribution in [3.63, 3.8) is 0 Å². The molecule has 21 heavy (non-hydrogen) atoms. The Balaban J connectivity index is 1.85. The molecule has 0 radical (unpaired) electrons. The van der Waals surface area contributed by atoms with Gasteiger partial charge in [-0.05, 0) is 18.4 Å². The standard InChI is InChI=1S/C13H22N4O3S/c1-15-11-12(10-14-15)4-5-13(18)16-6-3-7-17(9-8-16)21(2,19)20/h10-11H,3-9H2,1-2H3. The van der Waals surface area contributed by atoms with Gasteiger partial charge >= 0.3 is 0 Å². The molecular formula is C13H22N4O3S. The predicted octanol–water partition coefficient (Wildman–Crippen LogP) is -0.153. The summed E-state index contributed by atoms with van der Waals surface area (Å²) in [6.45, 7) is 1.97. The van der Waals surface area contributed by atoms with Crippen LogP contribution in [0.15, 0.2) is 12.4 Å². The van der Waals surface area contributed by atoms with Crippen LogP contribution in [-0.2, 0) is 28.3 Å². The number of nitrogens with zero attached hydrogens (tertiary/aromatic N) is 4. The van der Waals surface area contributed by atoms with Crippen molar-refractivity contribution < 1.29 is 13.2 Å². The van der Waals surface area contributed by atoms with Gasteiger partial charge in [-0.15, -0.1) is 0 Å². The summed E-state index contributed by atoms with van der Waals surface area (Å²) in [6.07, 6.45) is 6.67. The van der Waals surface area contributed by atoms with Crippen LogP contribution in [0.3, 0.4) is 0 Å². The second kappa shape index (κ2) is 6.57. The highest BCUT2D eigenvalue weighted by molar-refractivity contribution is 7.88. The molecule has 0 aliphatic carbocycles. The summed E-state index contributed by atoms with van der Waals surface area (Å²) < 4.78 is 26.2. The van der Waals surface area contributed by atoms with Crippen molar-refractivity contribution in [3.05, 3.63) is 18.0 Å². The number of carbonyl (C=O) groups is 1. The lowest BCUT2D eigenvalue weighted by molar-refractivity contribution is -0.131. The third-order valence-electron chi connectivity index (χ3n) is 3.66. The molecule has 1 aromatic heterocycles. The summed E-state index contributed by atoms with van der Waals surface area (Å²) in [6, 6.07) is 0. The van der Waals surface area contributed by atoms with Crippen molar-refractivity contribution in [2.24, 2.45) is 7.05 Å². The van der Waals surface area contributed by atoms with E-state index in [2.05, 4.69) is 5.10 Å². The molecule has 7 nitrogen and oxygen atoms in total. The van der Waals surface area contributed by atoms with E-state index in [-0.39, 0.29) is 5.91 Å². The summed E-state index contributed by atoms with van der Waals surface area (Å²) in [7, 11) is -1.32. The molecule has 1 aliphatic rings. The molecule has 1 saturated heterocycles. The molecule has 1 aromatic rings. The van der Waals surface area contributed by atoms with Gasteiger partial charge in [-0.3, -0.25) is 9.48 Å². The van der Waals surface area contributed by atoms with E-state index < -0.39 is 10.0 Å². The molecule has 0 N–H and O–H groups in total. The van der Waals surface area contributed by atoms with E-state index in [1.54, 1.807) is 15.8 Å². The highest BCUT2D eigenvalue weighted by Crippen LogP contribution is 2.10. The van der Waals surface area contributed by atoms with Crippen LogP contribution in [-0.4, -0.2) is 65.7 Å². The van der Waals surface area contributed by atoms with Gasteiger partial charge in [0.2, 0.25) is 15.9 Å². The highest BCUT2D eigenvalue weighted by Gasteiger charge is 2.23. The Kier molecular flexibility index (Phi) is 5.00. The minimum atomic E-state index is -3.17. The zero-order valence-electron chi connectivity index (χ0n) is 12.5. The van der Waals surface area contributed by atoms with Crippen LogP contribution in [0.5, 0.6) is 0 Å². The minimum Gasteiger partial charge on any atom is -0.341 e. The second-order valence-electron chi connectivity index (χ2n) is 5.42. The van der Waals surface area contributed by atoms with E-state index in [1.807, 2.05) is 13.2 Å². The monoisotopic (exact) mass is 314 g/mol. The van der Waals surface area contributed by atoms with Gasteiger partial charge in [-0.25, -0.2) is 12.7 Å². The lowest BCUT2D eigenvalue weighted by Crippen LogP contribution is -2.37. The Morgan fingerprint density at radius 1 is 1.29 bits per heavy atom. The molecule has 1 aliphatic heterocycles. The van der Waals surface area contributed by atoms with Crippen LogP contribution >= 0.6 is 0 Å². The number of aryl methyl sites for hydroxylation is 2. The Bertz CT molecular complexity index is 596. The maximum Gasteiger partial charge on any atom is 0.222 e. The first-order chi connectivity index (χ1) is 9.86. The van der Waals surface area contributed by atoms with Crippen molar-refractivity contribution in [1.82, 2.24) is 19.0 Å². The van der Waals surface area contributed by atoms with Crippen molar-refractivity contribution in [1.29, 1.82) is 0 Å². The Morgan fingerprint density at radius 2 is 2.05 bits per heavy atom. The molecule has 0 atom stereocenters. The number of carbonyl (C=O) groups excluding carboxylic acids is 1. The highest BCUT2D eigenvalue weighted by atomic mass is 32.2. The van der Waals surface area contributed by atoms with Crippen molar-refractivity contribution in [2.45, 2.75) is 19.3 Å². The number of amides is 1. The fourth-order valence-electron chi connectivity index (χ4n) is 2.49. The zero-order valence-corrected chi connectivity index (χ0v) is 13.3. The van der Waals surface area contributed by atoms with Crippen molar-refractivity contribution in [3.8, 4) is 0 Å². The van der Waals surface area contributed by atoms with Crippen LogP contribution in [0.25, 0.3) is 0 Å². The maximum atomic E-state index is 12.2. The third-order valence-corrected chi connectivity index (χ3v) is 4.97. The van der Waals surface area contributed by atoms with Gasteiger partial charge in [-0.2, -0.15) is 5.10 Å². The first-order valence-corrected chi connectivity index (χ1v) is 8.91. The van der Waals surface area contributed by atoms with E-state index in [4.69, 9.17) is 0 Å². The van der Waals surface area contributed by atoms with Gasteiger partial charge in [-0.1, -0.05) is 0 Å². The Hall–Kier alpha value is -1.41. The molecule has 2 heterocycles. The van der Waals surface area contributed by atoms with Gasteiger partial charge in [0, 0.05) is 45.8 Å². The molecule has 1 fully saturated rings. The first kappa shape index (κ1) is 16.0. The molecule has 0 unspecified atom stereocenters.